The van der Waals surface area contributed by atoms with Crippen LogP contribution in [0.25, 0.3) is 0 Å². The molecule has 2 aliphatic heterocycles. The van der Waals surface area contributed by atoms with Gasteiger partial charge in [0.05, 0.1) is 6.04 Å². The van der Waals surface area contributed by atoms with Crippen molar-refractivity contribution < 1.29 is 22.7 Å². The van der Waals surface area contributed by atoms with E-state index in [0.717, 1.165) is 0 Å². The molecule has 1 amide bonds. The molecule has 0 saturated carbocycles. The highest BCUT2D eigenvalue weighted by atomic mass is 32.2. The lowest BCUT2D eigenvalue weighted by atomic mass is 10.1. The third-order valence-electron chi connectivity index (χ3n) is 4.22. The van der Waals surface area contributed by atoms with E-state index in [2.05, 4.69) is 4.72 Å². The van der Waals surface area contributed by atoms with Gasteiger partial charge in [0.1, 0.15) is 22.4 Å². The van der Waals surface area contributed by atoms with Crippen LogP contribution < -0.4 is 9.46 Å². The monoisotopic (exact) mass is 368 g/mol. The number of carbonyl (C=O) groups is 1. The van der Waals surface area contributed by atoms with Crippen molar-refractivity contribution in [1.29, 1.82) is 0 Å². The number of nitrogens with one attached hydrogen (secondary N) is 1. The normalized spacial score (nSPS) is 25.6. The number of benzene rings is 1. The molecule has 1 saturated heterocycles. The Hall–Kier alpha value is -1.80. The Balaban J connectivity index is 1.78. The topological polar surface area (TPSA) is 84.9 Å². The summed E-state index contributed by atoms with van der Waals surface area (Å²) in [6, 6.07) is 6.24. The summed E-state index contributed by atoms with van der Waals surface area (Å²) in [5.41, 5.74) is -0.565. The Morgan fingerprint density at radius 1 is 1.24 bits per heavy atom. The van der Waals surface area contributed by atoms with E-state index in [-0.39, 0.29) is 23.1 Å². The number of fused-ring (bicyclic) bond motifs is 2. The maximum absolute atomic E-state index is 12.6. The van der Waals surface area contributed by atoms with Gasteiger partial charge in [0.25, 0.3) is 0 Å². The summed E-state index contributed by atoms with van der Waals surface area (Å²) >= 11 is 0. The predicted molar refractivity (Wildman–Crippen MR) is 92.0 cm³/mol. The van der Waals surface area contributed by atoms with E-state index in [1.807, 2.05) is 20.8 Å². The zero-order valence-corrected chi connectivity index (χ0v) is 15.5. The molecule has 8 heteroatoms. The number of amides is 1. The Labute approximate surface area is 148 Å². The van der Waals surface area contributed by atoms with Gasteiger partial charge in [-0.25, -0.2) is 17.9 Å². The summed E-state index contributed by atoms with van der Waals surface area (Å²) in [4.78, 5) is 14.1. The van der Waals surface area contributed by atoms with Crippen LogP contribution in [0.15, 0.2) is 29.2 Å². The summed E-state index contributed by atoms with van der Waals surface area (Å²) in [6.45, 7) is 6.33. The van der Waals surface area contributed by atoms with Gasteiger partial charge in [-0.3, -0.25) is 0 Å². The van der Waals surface area contributed by atoms with E-state index in [9.17, 15) is 13.2 Å². The number of hydrogen-bond donors (Lipinski definition) is 1. The van der Waals surface area contributed by atoms with Crippen LogP contribution in [0.3, 0.4) is 0 Å². The van der Waals surface area contributed by atoms with Crippen LogP contribution in [0, 0.1) is 0 Å². The minimum absolute atomic E-state index is 0.159. The average Bonchev–Trinajstić information content (AvgIpc) is 2.74. The third kappa shape index (κ3) is 4.07. The van der Waals surface area contributed by atoms with E-state index in [4.69, 9.17) is 9.47 Å². The van der Waals surface area contributed by atoms with Crippen molar-refractivity contribution in [3.05, 3.63) is 24.3 Å². The number of likely N-dealkylation sites (tertiary alicyclic amines) is 1. The number of hydrogen-bond acceptors (Lipinski definition) is 5. The highest BCUT2D eigenvalue weighted by Gasteiger charge is 2.37. The molecule has 1 fully saturated rings. The number of sulfonamides is 1. The van der Waals surface area contributed by atoms with Crippen molar-refractivity contribution in [3.8, 4) is 5.75 Å². The van der Waals surface area contributed by atoms with Crippen molar-refractivity contribution in [2.45, 2.75) is 56.3 Å². The zero-order chi connectivity index (χ0) is 18.2. The second kappa shape index (κ2) is 6.49. The van der Waals surface area contributed by atoms with E-state index >= 15 is 0 Å². The number of para-hydroxylation sites is 1. The molecule has 0 bridgehead atoms. The molecule has 1 aromatic carbocycles. The lowest BCUT2D eigenvalue weighted by Crippen LogP contribution is -2.43. The second-order valence-electron chi connectivity index (χ2n) is 7.38. The minimum Gasteiger partial charge on any atom is -0.487 e. The maximum Gasteiger partial charge on any atom is 0.410 e. The quantitative estimate of drug-likeness (QED) is 0.758. The number of ether oxygens (including phenoxy) is 2. The van der Waals surface area contributed by atoms with E-state index in [1.54, 1.807) is 23.1 Å². The van der Waals surface area contributed by atoms with Crippen molar-refractivity contribution in [3.63, 3.8) is 0 Å². The van der Waals surface area contributed by atoms with Crippen LogP contribution in [0.4, 0.5) is 4.79 Å². The van der Waals surface area contributed by atoms with Gasteiger partial charge in [-0.05, 0) is 39.3 Å². The molecule has 2 atom stereocenters. The third-order valence-corrected chi connectivity index (χ3v) is 5.75. The van der Waals surface area contributed by atoms with E-state index in [1.165, 1.54) is 6.07 Å². The summed E-state index contributed by atoms with van der Waals surface area (Å²) in [7, 11) is -3.64. The Morgan fingerprint density at radius 3 is 2.64 bits per heavy atom. The van der Waals surface area contributed by atoms with Crippen molar-refractivity contribution in [2.75, 3.05) is 13.1 Å². The average molecular weight is 368 g/mol. The number of nitrogens with zero attached hydrogens (tertiary/aromatic N) is 1. The number of carbonyl (C=O) groups excluding carboxylic acids is 1. The van der Waals surface area contributed by atoms with Crippen LogP contribution in [-0.2, 0) is 14.8 Å². The molecule has 1 N–H and O–H groups in total. The fraction of sp³-hybridized carbons (Fsp3) is 0.588. The largest absolute Gasteiger partial charge is 0.487 e. The molecule has 3 rings (SSSR count). The first-order valence-corrected chi connectivity index (χ1v) is 9.90. The molecule has 0 aliphatic carbocycles. The summed E-state index contributed by atoms with van der Waals surface area (Å²) < 4.78 is 39.3. The van der Waals surface area contributed by atoms with Crippen molar-refractivity contribution >= 4 is 16.1 Å². The zero-order valence-electron chi connectivity index (χ0n) is 14.7. The summed E-state index contributed by atoms with van der Waals surface area (Å²) in [5.74, 6) is 0.355. The molecule has 0 aromatic heterocycles. The molecule has 0 spiro atoms. The smallest absolute Gasteiger partial charge is 0.410 e. The van der Waals surface area contributed by atoms with Crippen LogP contribution in [0.1, 0.15) is 33.6 Å². The minimum atomic E-state index is -3.64. The van der Waals surface area contributed by atoms with Crippen LogP contribution in [-0.4, -0.2) is 50.2 Å². The standard InChI is InChI=1S/C17H24N2O5S/c1-17(2,3)24-16(20)19-10-8-12-13(9-11-19)23-14-6-4-5-7-15(14)25(21,22)18-12/h4-7,12-13,18H,8-11H2,1-3H3/t12-,13-/m1/s1. The van der Waals surface area contributed by atoms with Gasteiger partial charge in [-0.15, -0.1) is 0 Å². The fourth-order valence-corrected chi connectivity index (χ4v) is 4.49. The van der Waals surface area contributed by atoms with Gasteiger partial charge in [0.15, 0.2) is 0 Å². The first kappa shape index (κ1) is 18.0. The summed E-state index contributed by atoms with van der Waals surface area (Å²) in [6.07, 6.45) is 0.288. The lowest BCUT2D eigenvalue weighted by molar-refractivity contribution is 0.0252. The lowest BCUT2D eigenvalue weighted by Gasteiger charge is -2.26. The number of rotatable bonds is 0. The van der Waals surface area contributed by atoms with Gasteiger partial charge in [0.2, 0.25) is 10.0 Å². The Kier molecular flexibility index (Phi) is 4.68. The molecule has 1 aromatic rings. The van der Waals surface area contributed by atoms with Gasteiger partial charge in [-0.2, -0.15) is 0 Å². The van der Waals surface area contributed by atoms with Gasteiger partial charge in [-0.1, -0.05) is 12.1 Å². The molecular weight excluding hydrogens is 344 g/mol. The van der Waals surface area contributed by atoms with Crippen LogP contribution in [0.5, 0.6) is 5.75 Å². The Bertz CT molecular complexity index is 757. The molecule has 2 heterocycles. The molecule has 138 valence electrons. The highest BCUT2D eigenvalue weighted by Crippen LogP contribution is 2.31. The van der Waals surface area contributed by atoms with Gasteiger partial charge in [0, 0.05) is 19.5 Å². The van der Waals surface area contributed by atoms with E-state index < -0.39 is 15.6 Å². The predicted octanol–water partition coefficient (Wildman–Crippen LogP) is 2.13. The first-order chi connectivity index (χ1) is 11.7. The highest BCUT2D eigenvalue weighted by molar-refractivity contribution is 7.89. The molecule has 25 heavy (non-hydrogen) atoms. The summed E-state index contributed by atoms with van der Waals surface area (Å²) in [5, 5.41) is 0. The SMILES string of the molecule is CC(C)(C)OC(=O)N1CC[C@H]2NS(=O)(=O)c3ccccc3O[C@@H]2CC1. The molecule has 7 nitrogen and oxygen atoms in total. The van der Waals surface area contributed by atoms with Crippen molar-refractivity contribution in [1.82, 2.24) is 9.62 Å². The van der Waals surface area contributed by atoms with Crippen LogP contribution in [0.2, 0.25) is 0 Å². The Morgan fingerprint density at radius 2 is 1.92 bits per heavy atom. The van der Waals surface area contributed by atoms with Gasteiger partial charge < -0.3 is 14.4 Å². The van der Waals surface area contributed by atoms with Crippen molar-refractivity contribution in [2.24, 2.45) is 0 Å². The fourth-order valence-electron chi connectivity index (χ4n) is 3.06. The molecule has 2 aliphatic rings. The molecular formula is C17H24N2O5S. The molecule has 0 unspecified atom stereocenters. The van der Waals surface area contributed by atoms with E-state index in [0.29, 0.717) is 31.7 Å². The first-order valence-electron chi connectivity index (χ1n) is 8.42. The molecule has 0 radical (unpaired) electrons. The van der Waals surface area contributed by atoms with Gasteiger partial charge >= 0.3 is 6.09 Å². The van der Waals surface area contributed by atoms with Crippen LogP contribution >= 0.6 is 0 Å². The second-order valence-corrected chi connectivity index (χ2v) is 9.06. The maximum atomic E-state index is 12.6.